The van der Waals surface area contributed by atoms with Crippen molar-refractivity contribution in [3.8, 4) is 0 Å². The second-order valence-electron chi connectivity index (χ2n) is 2.01. The van der Waals surface area contributed by atoms with Gasteiger partial charge in [-0.15, -0.1) is 0 Å². The fourth-order valence-corrected chi connectivity index (χ4v) is 0.722. The van der Waals surface area contributed by atoms with Gasteiger partial charge >= 0.3 is 6.09 Å². The van der Waals surface area contributed by atoms with Crippen molar-refractivity contribution in [1.82, 2.24) is 5.01 Å². The Kier molecular flexibility index (Phi) is 1.44. The summed E-state index contributed by atoms with van der Waals surface area (Å²) in [5.41, 5.74) is 0. The van der Waals surface area contributed by atoms with Crippen molar-refractivity contribution in [3.63, 3.8) is 0 Å². The zero-order valence-electron chi connectivity index (χ0n) is 5.31. The van der Waals surface area contributed by atoms with Crippen molar-refractivity contribution < 1.29 is 14.6 Å². The molecule has 1 saturated heterocycles. The SMILES string of the molecule is CC1CN([N+](=O)[O-])C(=O)O1. The summed E-state index contributed by atoms with van der Waals surface area (Å²) in [5.74, 6) is 0. The van der Waals surface area contributed by atoms with Gasteiger partial charge in [-0.25, -0.2) is 14.9 Å². The molecule has 10 heavy (non-hydrogen) atoms. The topological polar surface area (TPSA) is 72.7 Å². The van der Waals surface area contributed by atoms with Crippen LogP contribution in [0.15, 0.2) is 0 Å². The van der Waals surface area contributed by atoms with Gasteiger partial charge in [0.1, 0.15) is 12.6 Å². The molecule has 6 heteroatoms. The highest BCUT2D eigenvalue weighted by molar-refractivity contribution is 5.68. The quantitative estimate of drug-likeness (QED) is 0.386. The molecular weight excluding hydrogens is 140 g/mol. The average molecular weight is 146 g/mol. The van der Waals surface area contributed by atoms with Gasteiger partial charge in [-0.05, 0) is 11.9 Å². The van der Waals surface area contributed by atoms with E-state index < -0.39 is 11.1 Å². The first-order valence-electron chi connectivity index (χ1n) is 2.73. The summed E-state index contributed by atoms with van der Waals surface area (Å²) < 4.78 is 4.48. The molecule has 6 nitrogen and oxygen atoms in total. The van der Waals surface area contributed by atoms with Crippen LogP contribution >= 0.6 is 0 Å². The standard InChI is InChI=1S/C4H6N2O4/c1-3-2-5(6(8)9)4(7)10-3/h3H,2H2,1H3. The summed E-state index contributed by atoms with van der Waals surface area (Å²) in [6, 6.07) is 0. The molecule has 1 atom stereocenters. The molecule has 1 heterocycles. The van der Waals surface area contributed by atoms with Crippen LogP contribution in [-0.2, 0) is 4.74 Å². The first-order valence-corrected chi connectivity index (χ1v) is 2.73. The van der Waals surface area contributed by atoms with Crippen molar-refractivity contribution in [3.05, 3.63) is 10.1 Å². The van der Waals surface area contributed by atoms with E-state index in [1.165, 1.54) is 0 Å². The zero-order chi connectivity index (χ0) is 7.72. The molecule has 0 saturated carbocycles. The second-order valence-corrected chi connectivity index (χ2v) is 2.01. The number of hydrogen-bond donors (Lipinski definition) is 0. The Morgan fingerprint density at radius 3 is 2.70 bits per heavy atom. The highest BCUT2D eigenvalue weighted by Gasteiger charge is 2.36. The highest BCUT2D eigenvalue weighted by Crippen LogP contribution is 2.09. The van der Waals surface area contributed by atoms with Crippen LogP contribution in [0.3, 0.4) is 0 Å². The second kappa shape index (κ2) is 2.13. The minimum atomic E-state index is -0.877. The highest BCUT2D eigenvalue weighted by atomic mass is 16.7. The van der Waals surface area contributed by atoms with Gasteiger partial charge in [0.25, 0.3) is 0 Å². The third kappa shape index (κ3) is 0.996. The van der Waals surface area contributed by atoms with Gasteiger partial charge in [0.2, 0.25) is 0 Å². The Balaban J connectivity index is 2.63. The zero-order valence-corrected chi connectivity index (χ0v) is 5.31. The van der Waals surface area contributed by atoms with Gasteiger partial charge < -0.3 is 4.74 Å². The van der Waals surface area contributed by atoms with Gasteiger partial charge in [0.15, 0.2) is 5.03 Å². The molecule has 56 valence electrons. The number of cyclic esters (lactones) is 1. The van der Waals surface area contributed by atoms with Crippen molar-refractivity contribution in [2.75, 3.05) is 6.54 Å². The molecule has 0 aliphatic carbocycles. The number of ether oxygens (including phenoxy) is 1. The Hall–Kier alpha value is -1.33. The lowest BCUT2D eigenvalue weighted by Crippen LogP contribution is -2.30. The normalized spacial score (nSPS) is 24.7. The summed E-state index contributed by atoms with van der Waals surface area (Å²) in [5, 5.41) is 9.67. The predicted molar refractivity (Wildman–Crippen MR) is 29.6 cm³/mol. The molecule has 1 fully saturated rings. The lowest BCUT2D eigenvalue weighted by atomic mass is 10.4. The largest absolute Gasteiger partial charge is 0.468 e. The fraction of sp³-hybridized carbons (Fsp3) is 0.750. The first kappa shape index (κ1) is 6.79. The van der Waals surface area contributed by atoms with E-state index in [9.17, 15) is 14.9 Å². The molecule has 0 radical (unpaired) electrons. The van der Waals surface area contributed by atoms with Crippen LogP contribution < -0.4 is 0 Å². The lowest BCUT2D eigenvalue weighted by molar-refractivity contribution is -0.630. The average Bonchev–Trinajstić information content (AvgIpc) is 2.10. The molecule has 0 aromatic carbocycles. The van der Waals surface area contributed by atoms with Crippen LogP contribution in [0.5, 0.6) is 0 Å². The number of carbonyl (C=O) groups is 1. The van der Waals surface area contributed by atoms with Crippen LogP contribution in [-0.4, -0.2) is 28.8 Å². The summed E-state index contributed by atoms with van der Waals surface area (Å²) in [7, 11) is 0. The van der Waals surface area contributed by atoms with Crippen LogP contribution in [0.4, 0.5) is 4.79 Å². The van der Waals surface area contributed by atoms with Gasteiger partial charge in [0.05, 0.1) is 0 Å². The van der Waals surface area contributed by atoms with E-state index in [-0.39, 0.29) is 12.6 Å². The minimum Gasteiger partial charge on any atom is -0.441 e. The first-order chi connectivity index (χ1) is 4.61. The summed E-state index contributed by atoms with van der Waals surface area (Å²) >= 11 is 0. The number of nitrogens with zero attached hydrogens (tertiary/aromatic N) is 2. The number of amides is 1. The maximum Gasteiger partial charge on any atom is 0.468 e. The molecule has 0 N–H and O–H groups in total. The molecule has 1 rings (SSSR count). The summed E-state index contributed by atoms with van der Waals surface area (Å²) in [6.45, 7) is 1.63. The molecule has 0 bridgehead atoms. The molecule has 1 aliphatic heterocycles. The van der Waals surface area contributed by atoms with Crippen LogP contribution in [0.25, 0.3) is 0 Å². The number of carbonyl (C=O) groups excluding carboxylic acids is 1. The van der Waals surface area contributed by atoms with Crippen LogP contribution in [0, 0.1) is 10.1 Å². The third-order valence-electron chi connectivity index (χ3n) is 1.14. The Bertz CT molecular complexity index is 180. The van der Waals surface area contributed by atoms with Crippen molar-refractivity contribution in [2.45, 2.75) is 13.0 Å². The van der Waals surface area contributed by atoms with Crippen LogP contribution in [0.1, 0.15) is 6.92 Å². The van der Waals surface area contributed by atoms with Crippen LogP contribution in [0.2, 0.25) is 0 Å². The smallest absolute Gasteiger partial charge is 0.441 e. The van der Waals surface area contributed by atoms with Crippen molar-refractivity contribution >= 4 is 6.09 Å². The van der Waals surface area contributed by atoms with E-state index >= 15 is 0 Å². The number of hydrazine groups is 1. The van der Waals surface area contributed by atoms with E-state index in [4.69, 9.17) is 0 Å². The van der Waals surface area contributed by atoms with Crippen molar-refractivity contribution in [1.29, 1.82) is 0 Å². The van der Waals surface area contributed by atoms with E-state index in [1.54, 1.807) is 6.92 Å². The van der Waals surface area contributed by atoms with E-state index in [2.05, 4.69) is 4.74 Å². The predicted octanol–water partition coefficient (Wildman–Crippen LogP) is 0.0188. The molecule has 1 amide bonds. The van der Waals surface area contributed by atoms with Gasteiger partial charge in [-0.2, -0.15) is 0 Å². The summed E-state index contributed by atoms with van der Waals surface area (Å²) in [6.07, 6.45) is -1.25. The number of nitro groups is 1. The van der Waals surface area contributed by atoms with Gasteiger partial charge in [-0.1, -0.05) is 0 Å². The molecule has 0 aromatic heterocycles. The molecule has 1 aliphatic rings. The number of rotatable bonds is 1. The van der Waals surface area contributed by atoms with E-state index in [1.807, 2.05) is 0 Å². The third-order valence-corrected chi connectivity index (χ3v) is 1.14. The monoisotopic (exact) mass is 146 g/mol. The summed E-state index contributed by atoms with van der Waals surface area (Å²) in [4.78, 5) is 20.5. The maximum atomic E-state index is 10.5. The molecular formula is C4H6N2O4. The maximum absolute atomic E-state index is 10.5. The number of hydrogen-bond acceptors (Lipinski definition) is 4. The Morgan fingerprint density at radius 1 is 1.90 bits per heavy atom. The Labute approximate surface area is 56.5 Å². The molecule has 0 spiro atoms. The Morgan fingerprint density at radius 2 is 2.50 bits per heavy atom. The van der Waals surface area contributed by atoms with Gasteiger partial charge in [0, 0.05) is 0 Å². The fourth-order valence-electron chi connectivity index (χ4n) is 0.722. The molecule has 0 aromatic rings. The lowest BCUT2D eigenvalue weighted by Gasteiger charge is -1.96. The minimum absolute atomic E-state index is 0.0336. The molecule has 1 unspecified atom stereocenters. The van der Waals surface area contributed by atoms with E-state index in [0.717, 1.165) is 0 Å². The van der Waals surface area contributed by atoms with E-state index in [0.29, 0.717) is 5.01 Å². The van der Waals surface area contributed by atoms with Crippen molar-refractivity contribution in [2.24, 2.45) is 0 Å². The van der Waals surface area contributed by atoms with Gasteiger partial charge in [-0.3, -0.25) is 0 Å².